The molecule has 1 atom stereocenters. The van der Waals surface area contributed by atoms with Crippen LogP contribution < -0.4 is 15.2 Å². The smallest absolute Gasteiger partial charge is 0.258 e. The van der Waals surface area contributed by atoms with E-state index >= 15 is 0 Å². The number of amides is 1. The van der Waals surface area contributed by atoms with Gasteiger partial charge >= 0.3 is 0 Å². The Kier molecular flexibility index (Phi) is 4.73. The number of fused-ring (bicyclic) bond motifs is 1. The lowest BCUT2D eigenvalue weighted by Crippen LogP contribution is -2.40. The molecule has 0 saturated carbocycles. The second-order valence-corrected chi connectivity index (χ2v) is 4.86. The molecule has 2 heterocycles. The highest BCUT2D eigenvalue weighted by Gasteiger charge is 2.31. The second kappa shape index (κ2) is 6.33. The van der Waals surface area contributed by atoms with Gasteiger partial charge in [-0.1, -0.05) is 6.07 Å². The van der Waals surface area contributed by atoms with E-state index in [0.29, 0.717) is 36.8 Å². The van der Waals surface area contributed by atoms with Gasteiger partial charge in [-0.25, -0.2) is 0 Å². The van der Waals surface area contributed by atoms with Crippen molar-refractivity contribution in [1.29, 1.82) is 0 Å². The lowest BCUT2D eigenvalue weighted by Gasteiger charge is -2.26. The van der Waals surface area contributed by atoms with Crippen molar-refractivity contribution in [2.24, 2.45) is 5.73 Å². The van der Waals surface area contributed by atoms with E-state index in [9.17, 15) is 4.79 Å². The first-order chi connectivity index (χ1) is 9.31. The van der Waals surface area contributed by atoms with Crippen LogP contribution in [-0.2, 0) is 0 Å². The maximum Gasteiger partial charge on any atom is 0.258 e. The molecule has 2 N–H and O–H groups in total. The molecule has 2 aliphatic rings. The Morgan fingerprint density at radius 3 is 2.95 bits per heavy atom. The quantitative estimate of drug-likeness (QED) is 0.897. The minimum Gasteiger partial charge on any atom is -0.486 e. The van der Waals surface area contributed by atoms with Crippen molar-refractivity contribution in [2.75, 3.05) is 26.3 Å². The van der Waals surface area contributed by atoms with Crippen LogP contribution in [0, 0.1) is 0 Å². The molecule has 5 nitrogen and oxygen atoms in total. The number of para-hydroxylation sites is 1. The van der Waals surface area contributed by atoms with Gasteiger partial charge in [0.1, 0.15) is 13.2 Å². The van der Waals surface area contributed by atoms with Gasteiger partial charge in [0, 0.05) is 19.1 Å². The Morgan fingerprint density at radius 2 is 2.15 bits per heavy atom. The molecule has 0 aliphatic carbocycles. The Morgan fingerprint density at radius 1 is 1.35 bits per heavy atom. The monoisotopic (exact) mass is 298 g/mol. The van der Waals surface area contributed by atoms with Crippen LogP contribution in [0.1, 0.15) is 23.2 Å². The van der Waals surface area contributed by atoms with Gasteiger partial charge in [0.2, 0.25) is 0 Å². The highest BCUT2D eigenvalue weighted by molar-refractivity contribution is 5.98. The minimum absolute atomic E-state index is 0. The first kappa shape index (κ1) is 14.9. The normalized spacial score (nSPS) is 20.4. The standard InChI is InChI=1S/C14H18N2O3.ClH/c15-9-10-3-2-6-16(10)14(17)11-4-1-5-12-13(11)19-8-7-18-12;/h1,4-5,10H,2-3,6-9,15H2;1H. The molecule has 0 spiro atoms. The van der Waals surface area contributed by atoms with E-state index in [2.05, 4.69) is 0 Å². The Labute approximate surface area is 124 Å². The number of nitrogens with zero attached hydrogens (tertiary/aromatic N) is 1. The first-order valence-electron chi connectivity index (χ1n) is 6.71. The van der Waals surface area contributed by atoms with Crippen LogP contribution in [0.2, 0.25) is 0 Å². The number of ether oxygens (including phenoxy) is 2. The van der Waals surface area contributed by atoms with Crippen molar-refractivity contribution >= 4 is 18.3 Å². The fraction of sp³-hybridized carbons (Fsp3) is 0.500. The Hall–Kier alpha value is -1.46. The third-order valence-corrected chi connectivity index (χ3v) is 3.71. The molecule has 110 valence electrons. The zero-order valence-electron chi connectivity index (χ0n) is 11.2. The van der Waals surface area contributed by atoms with Gasteiger partial charge in [-0.05, 0) is 25.0 Å². The molecule has 20 heavy (non-hydrogen) atoms. The van der Waals surface area contributed by atoms with Crippen molar-refractivity contribution in [3.63, 3.8) is 0 Å². The summed E-state index contributed by atoms with van der Waals surface area (Å²) in [4.78, 5) is 14.5. The van der Waals surface area contributed by atoms with Crippen molar-refractivity contribution in [1.82, 2.24) is 4.90 Å². The average Bonchev–Trinajstić information content (AvgIpc) is 2.94. The molecule has 1 aromatic rings. The lowest BCUT2D eigenvalue weighted by atomic mass is 10.1. The third kappa shape index (κ3) is 2.55. The highest BCUT2D eigenvalue weighted by Crippen LogP contribution is 2.35. The molecule has 1 amide bonds. The van der Waals surface area contributed by atoms with Crippen LogP contribution in [-0.4, -0.2) is 43.2 Å². The summed E-state index contributed by atoms with van der Waals surface area (Å²) in [5.41, 5.74) is 6.31. The number of nitrogens with two attached hydrogens (primary N) is 1. The van der Waals surface area contributed by atoms with Crippen LogP contribution in [0.4, 0.5) is 0 Å². The summed E-state index contributed by atoms with van der Waals surface area (Å²) in [6.07, 6.45) is 1.99. The zero-order valence-corrected chi connectivity index (χ0v) is 12.0. The molecule has 0 radical (unpaired) electrons. The van der Waals surface area contributed by atoms with Gasteiger partial charge in [0.25, 0.3) is 5.91 Å². The number of hydrogen-bond acceptors (Lipinski definition) is 4. The SMILES string of the molecule is Cl.NCC1CCCN1C(=O)c1cccc2c1OCCO2. The van der Waals surface area contributed by atoms with Gasteiger partial charge in [-0.15, -0.1) is 12.4 Å². The van der Waals surface area contributed by atoms with Gasteiger partial charge in [-0.2, -0.15) is 0 Å². The van der Waals surface area contributed by atoms with Gasteiger partial charge < -0.3 is 20.1 Å². The van der Waals surface area contributed by atoms with E-state index in [0.717, 1.165) is 19.4 Å². The lowest BCUT2D eigenvalue weighted by molar-refractivity contribution is 0.0730. The maximum atomic E-state index is 12.6. The summed E-state index contributed by atoms with van der Waals surface area (Å²) < 4.78 is 11.1. The van der Waals surface area contributed by atoms with Crippen molar-refractivity contribution in [3.8, 4) is 11.5 Å². The summed E-state index contributed by atoms with van der Waals surface area (Å²) in [5.74, 6) is 1.22. The molecule has 3 rings (SSSR count). The number of carbonyl (C=O) groups excluding carboxylic acids is 1. The molecule has 2 aliphatic heterocycles. The summed E-state index contributed by atoms with van der Waals surface area (Å²) in [7, 11) is 0. The molecule has 1 saturated heterocycles. The third-order valence-electron chi connectivity index (χ3n) is 3.71. The summed E-state index contributed by atoms with van der Waals surface area (Å²) in [6.45, 7) is 2.29. The number of likely N-dealkylation sites (tertiary alicyclic amines) is 1. The van der Waals surface area contributed by atoms with Gasteiger partial charge in [0.05, 0.1) is 5.56 Å². The fourth-order valence-electron chi connectivity index (χ4n) is 2.74. The van der Waals surface area contributed by atoms with Gasteiger partial charge in [-0.3, -0.25) is 4.79 Å². The van der Waals surface area contributed by atoms with Crippen LogP contribution in [0.15, 0.2) is 18.2 Å². The summed E-state index contributed by atoms with van der Waals surface area (Å²) in [6, 6.07) is 5.60. The van der Waals surface area contributed by atoms with E-state index in [1.54, 1.807) is 6.07 Å². The molecular formula is C14H19ClN2O3. The number of rotatable bonds is 2. The topological polar surface area (TPSA) is 64.8 Å². The van der Waals surface area contributed by atoms with Gasteiger partial charge in [0.15, 0.2) is 11.5 Å². The first-order valence-corrected chi connectivity index (χ1v) is 6.71. The number of carbonyl (C=O) groups is 1. The average molecular weight is 299 g/mol. The number of halogens is 1. The Balaban J connectivity index is 0.00000147. The van der Waals surface area contributed by atoms with Crippen molar-refractivity contribution in [2.45, 2.75) is 18.9 Å². The largest absolute Gasteiger partial charge is 0.486 e. The molecule has 1 fully saturated rings. The van der Waals surface area contributed by atoms with Crippen LogP contribution in [0.5, 0.6) is 11.5 Å². The number of benzene rings is 1. The van der Waals surface area contributed by atoms with E-state index in [-0.39, 0.29) is 24.4 Å². The molecule has 6 heteroatoms. The Bertz CT molecular complexity index is 495. The summed E-state index contributed by atoms with van der Waals surface area (Å²) >= 11 is 0. The maximum absolute atomic E-state index is 12.6. The van der Waals surface area contributed by atoms with Crippen molar-refractivity contribution in [3.05, 3.63) is 23.8 Å². The fourth-order valence-corrected chi connectivity index (χ4v) is 2.74. The van der Waals surface area contributed by atoms with E-state index in [1.807, 2.05) is 17.0 Å². The molecular weight excluding hydrogens is 280 g/mol. The highest BCUT2D eigenvalue weighted by atomic mass is 35.5. The van der Waals surface area contributed by atoms with Crippen LogP contribution in [0.3, 0.4) is 0 Å². The predicted molar refractivity (Wildman–Crippen MR) is 77.8 cm³/mol. The van der Waals surface area contributed by atoms with E-state index in [4.69, 9.17) is 15.2 Å². The van der Waals surface area contributed by atoms with Crippen LogP contribution in [0.25, 0.3) is 0 Å². The molecule has 1 unspecified atom stereocenters. The second-order valence-electron chi connectivity index (χ2n) is 4.86. The number of hydrogen-bond donors (Lipinski definition) is 1. The molecule has 1 aromatic carbocycles. The van der Waals surface area contributed by atoms with Crippen molar-refractivity contribution < 1.29 is 14.3 Å². The van der Waals surface area contributed by atoms with E-state index in [1.165, 1.54) is 0 Å². The van der Waals surface area contributed by atoms with Crippen LogP contribution >= 0.6 is 12.4 Å². The van der Waals surface area contributed by atoms with E-state index < -0.39 is 0 Å². The molecule has 0 aromatic heterocycles. The summed E-state index contributed by atoms with van der Waals surface area (Å²) in [5, 5.41) is 0. The zero-order chi connectivity index (χ0) is 13.2. The molecule has 0 bridgehead atoms. The predicted octanol–water partition coefficient (Wildman–Crippen LogP) is 1.44. The minimum atomic E-state index is -0.00435.